The number of nitrogen functional groups attached to an aromatic ring is 1. The Hall–Kier alpha value is -1.18. The molecule has 2 rings (SSSR count). The fraction of sp³-hybridized carbons (Fsp3) is 0. The summed E-state index contributed by atoms with van der Waals surface area (Å²) in [5.74, 6) is -0.0383. The Labute approximate surface area is 99.0 Å². The number of nitrogens with one attached hydrogen (secondary N) is 2. The van der Waals surface area contributed by atoms with Crippen molar-refractivity contribution in [2.75, 3.05) is 5.73 Å². The van der Waals surface area contributed by atoms with Gasteiger partial charge in [-0.2, -0.15) is 0 Å². The van der Waals surface area contributed by atoms with Crippen LogP contribution in [0.4, 0.5) is 5.95 Å². The zero-order valence-electron chi connectivity index (χ0n) is 7.37. The fourth-order valence-corrected chi connectivity index (χ4v) is 0.975. The monoisotopic (exact) mass is 202 g/mol. The van der Waals surface area contributed by atoms with Crippen LogP contribution in [0.1, 0.15) is 0 Å². The number of aromatic amines is 2. The molecule has 7 nitrogen and oxygen atoms in total. The molecule has 0 atom stereocenters. The van der Waals surface area contributed by atoms with Crippen LogP contribution in [-0.2, 0) is 0 Å². The van der Waals surface area contributed by atoms with Crippen molar-refractivity contribution in [3.8, 4) is 0 Å². The molecule has 0 spiro atoms. The first-order chi connectivity index (χ1) is 6.18. The van der Waals surface area contributed by atoms with E-state index in [-0.39, 0.29) is 46.4 Å². The molecule has 0 radical (unpaired) electrons. The van der Waals surface area contributed by atoms with Crippen molar-refractivity contribution in [2.45, 2.75) is 0 Å². The van der Waals surface area contributed by atoms with E-state index in [0.29, 0.717) is 0 Å². The summed E-state index contributed by atoms with van der Waals surface area (Å²) in [4.78, 5) is 29.4. The van der Waals surface area contributed by atoms with Crippen molar-refractivity contribution in [1.82, 2.24) is 20.2 Å². The Morgan fingerprint density at radius 1 is 1.21 bits per heavy atom. The van der Waals surface area contributed by atoms with Gasteiger partial charge in [-0.25, -0.2) is 9.97 Å². The van der Waals surface area contributed by atoms with Crippen molar-refractivity contribution in [3.63, 3.8) is 0 Å². The maximum atomic E-state index is 11.1. The van der Waals surface area contributed by atoms with Crippen LogP contribution >= 0.6 is 0 Å². The van der Waals surface area contributed by atoms with E-state index >= 15 is 0 Å². The number of nitrogens with two attached hydrogens (primary N) is 1. The molecule has 0 aliphatic carbocycles. The third kappa shape index (κ3) is 1.69. The smallest absolute Gasteiger partial charge is 0.368 e. The van der Waals surface area contributed by atoms with Gasteiger partial charge in [0.15, 0.2) is 0 Å². The van der Waals surface area contributed by atoms with Gasteiger partial charge in [0.25, 0.3) is 11.1 Å². The Morgan fingerprint density at radius 3 is 2.57 bits per heavy atom. The molecule has 0 saturated heterocycles. The number of hydrogen-bond acceptors (Lipinski definition) is 5. The second-order valence-electron chi connectivity index (χ2n) is 2.40. The van der Waals surface area contributed by atoms with E-state index in [4.69, 9.17) is 5.73 Å². The van der Waals surface area contributed by atoms with Crippen LogP contribution in [0.2, 0.25) is 0 Å². The predicted molar refractivity (Wildman–Crippen MR) is 45.2 cm³/mol. The quantitative estimate of drug-likeness (QED) is 0.373. The third-order valence-corrected chi connectivity index (χ3v) is 1.56. The number of H-pyrrole nitrogens is 2. The Balaban J connectivity index is 0.000000980. The summed E-state index contributed by atoms with van der Waals surface area (Å²) in [5, 5.41) is 4.40. The summed E-state index contributed by atoms with van der Waals surface area (Å²) in [6.07, 6.45) is 1.21. The van der Waals surface area contributed by atoms with E-state index in [1.807, 2.05) is 0 Å². The van der Waals surface area contributed by atoms with E-state index in [0.717, 1.165) is 0 Å². The van der Waals surface area contributed by atoms with E-state index < -0.39 is 11.1 Å². The molecule has 0 saturated carbocycles. The van der Waals surface area contributed by atoms with E-state index in [9.17, 15) is 9.59 Å². The molecular weight excluding hydrogens is 197 g/mol. The number of nitrogens with zero attached hydrogens (tertiary/aromatic N) is 2. The van der Waals surface area contributed by atoms with Gasteiger partial charge >= 0.3 is 29.6 Å². The van der Waals surface area contributed by atoms with Crippen LogP contribution in [0, 0.1) is 0 Å². The average Bonchev–Trinajstić information content (AvgIpc) is 2.12. The molecule has 0 aliphatic rings. The molecule has 2 heterocycles. The van der Waals surface area contributed by atoms with Crippen molar-refractivity contribution >= 4 is 16.9 Å². The minimum atomic E-state index is -0.497. The molecule has 4 N–H and O–H groups in total. The summed E-state index contributed by atoms with van der Waals surface area (Å²) >= 11 is 0. The summed E-state index contributed by atoms with van der Waals surface area (Å²) < 4.78 is 0. The van der Waals surface area contributed by atoms with E-state index in [1.165, 1.54) is 6.20 Å². The Kier molecular flexibility index (Phi) is 3.04. The van der Waals surface area contributed by atoms with Crippen molar-refractivity contribution in [3.05, 3.63) is 26.9 Å². The number of fused-ring (bicyclic) bond motifs is 1. The molecule has 0 unspecified atom stereocenters. The van der Waals surface area contributed by atoms with Crippen LogP contribution in [0.5, 0.6) is 0 Å². The van der Waals surface area contributed by atoms with Gasteiger partial charge in [0, 0.05) is 6.20 Å². The predicted octanol–water partition coefficient (Wildman–Crippen LogP) is -4.41. The second-order valence-corrected chi connectivity index (χ2v) is 2.40. The molecule has 2 aromatic rings. The SMILES string of the molecule is Nc1ncc2c(=O)[nH][nH]c(=O)c2n1.[Na+]. The van der Waals surface area contributed by atoms with Crippen molar-refractivity contribution in [2.24, 2.45) is 0 Å². The van der Waals surface area contributed by atoms with Gasteiger partial charge in [0.1, 0.15) is 5.52 Å². The molecule has 0 aliphatic heterocycles. The van der Waals surface area contributed by atoms with Gasteiger partial charge in [-0.15, -0.1) is 0 Å². The molecule has 0 bridgehead atoms. The van der Waals surface area contributed by atoms with Crippen LogP contribution in [0.3, 0.4) is 0 Å². The largest absolute Gasteiger partial charge is 1.00 e. The van der Waals surface area contributed by atoms with Gasteiger partial charge in [-0.3, -0.25) is 19.8 Å². The number of anilines is 1. The molecule has 2 aromatic heterocycles. The van der Waals surface area contributed by atoms with Gasteiger partial charge in [0.2, 0.25) is 5.95 Å². The summed E-state index contributed by atoms with van der Waals surface area (Å²) in [6, 6.07) is 0. The van der Waals surface area contributed by atoms with Gasteiger partial charge in [-0.1, -0.05) is 0 Å². The first-order valence-corrected chi connectivity index (χ1v) is 3.41. The Bertz CT molecular complexity index is 574. The third-order valence-electron chi connectivity index (χ3n) is 1.56. The van der Waals surface area contributed by atoms with E-state index in [2.05, 4.69) is 20.2 Å². The minimum absolute atomic E-state index is 0. The van der Waals surface area contributed by atoms with E-state index in [1.54, 1.807) is 0 Å². The molecule has 0 amide bonds. The minimum Gasteiger partial charge on any atom is -0.368 e. The van der Waals surface area contributed by atoms with Crippen LogP contribution in [0.15, 0.2) is 15.8 Å². The maximum Gasteiger partial charge on any atom is 1.00 e. The van der Waals surface area contributed by atoms with Gasteiger partial charge < -0.3 is 5.73 Å². The first kappa shape index (κ1) is 10.9. The molecular formula is C6H5N5NaO2+. The van der Waals surface area contributed by atoms with Crippen LogP contribution in [0.25, 0.3) is 10.9 Å². The van der Waals surface area contributed by atoms with Gasteiger partial charge in [0.05, 0.1) is 5.39 Å². The zero-order valence-corrected chi connectivity index (χ0v) is 9.37. The topological polar surface area (TPSA) is 118 Å². The molecule has 8 heteroatoms. The van der Waals surface area contributed by atoms with Crippen LogP contribution < -0.4 is 46.4 Å². The summed E-state index contributed by atoms with van der Waals surface area (Å²) in [6.45, 7) is 0. The Morgan fingerprint density at radius 2 is 1.86 bits per heavy atom. The molecule has 14 heavy (non-hydrogen) atoms. The summed E-state index contributed by atoms with van der Waals surface area (Å²) in [5.41, 5.74) is 4.31. The number of rotatable bonds is 0. The molecule has 66 valence electrons. The zero-order chi connectivity index (χ0) is 9.42. The normalized spacial score (nSPS) is 9.71. The average molecular weight is 202 g/mol. The van der Waals surface area contributed by atoms with Crippen LogP contribution in [-0.4, -0.2) is 20.2 Å². The standard InChI is InChI=1S/C6H5N5O2.Na/c7-6-8-1-2-3(9-6)5(13)11-10-4(2)12;/h1H,(H,10,12)(H,11,13)(H2,7,8,9);/q;+1. The molecule has 0 fully saturated rings. The summed E-state index contributed by atoms with van der Waals surface area (Å²) in [7, 11) is 0. The molecule has 0 aromatic carbocycles. The van der Waals surface area contributed by atoms with Crippen molar-refractivity contribution < 1.29 is 29.6 Å². The van der Waals surface area contributed by atoms with Gasteiger partial charge in [-0.05, 0) is 0 Å². The second kappa shape index (κ2) is 3.91. The first-order valence-electron chi connectivity index (χ1n) is 3.41. The van der Waals surface area contributed by atoms with Crippen molar-refractivity contribution in [1.29, 1.82) is 0 Å². The number of hydrogen-bond donors (Lipinski definition) is 3. The maximum absolute atomic E-state index is 11.1. The fourth-order valence-electron chi connectivity index (χ4n) is 0.975. The number of aromatic nitrogens is 4.